The molecule has 2 rings (SSSR count). The van der Waals surface area contributed by atoms with Crippen molar-refractivity contribution >= 4 is 11.6 Å². The molecular formula is C10H16N4O. The molecule has 0 aliphatic carbocycles. The maximum atomic E-state index is 9.74. The minimum atomic E-state index is -0.292. The number of aliphatic hydroxyl groups excluding tert-OH is 1. The van der Waals surface area contributed by atoms with Crippen molar-refractivity contribution in [2.24, 2.45) is 5.92 Å². The van der Waals surface area contributed by atoms with Crippen LogP contribution in [-0.4, -0.2) is 34.3 Å². The first-order valence-corrected chi connectivity index (χ1v) is 5.17. The second kappa shape index (κ2) is 4.02. The van der Waals surface area contributed by atoms with E-state index in [1.807, 2.05) is 4.90 Å². The van der Waals surface area contributed by atoms with Crippen LogP contribution in [0.25, 0.3) is 0 Å². The van der Waals surface area contributed by atoms with Crippen LogP contribution in [0.3, 0.4) is 0 Å². The monoisotopic (exact) mass is 208 g/mol. The van der Waals surface area contributed by atoms with Crippen molar-refractivity contribution in [1.29, 1.82) is 0 Å². The zero-order valence-electron chi connectivity index (χ0n) is 8.80. The number of aliphatic hydroxyl groups is 1. The molecule has 0 amide bonds. The third kappa shape index (κ3) is 2.18. The Morgan fingerprint density at radius 1 is 1.47 bits per heavy atom. The van der Waals surface area contributed by atoms with Crippen molar-refractivity contribution in [3.63, 3.8) is 0 Å². The molecule has 3 N–H and O–H groups in total. The summed E-state index contributed by atoms with van der Waals surface area (Å²) in [5.41, 5.74) is 6.07. The predicted octanol–water partition coefficient (Wildman–Crippen LogP) is 0.266. The fourth-order valence-electron chi connectivity index (χ4n) is 1.73. The van der Waals surface area contributed by atoms with Crippen molar-refractivity contribution < 1.29 is 5.11 Å². The first-order valence-electron chi connectivity index (χ1n) is 5.17. The van der Waals surface area contributed by atoms with Gasteiger partial charge < -0.3 is 15.7 Å². The number of hydrogen-bond acceptors (Lipinski definition) is 5. The lowest BCUT2D eigenvalue weighted by molar-refractivity contribution is 0.102. The van der Waals surface area contributed by atoms with Gasteiger partial charge in [0.1, 0.15) is 0 Å². The lowest BCUT2D eigenvalue weighted by atomic mass is 9.96. The van der Waals surface area contributed by atoms with E-state index in [4.69, 9.17) is 5.73 Å². The number of rotatable bonds is 1. The predicted molar refractivity (Wildman–Crippen MR) is 58.4 cm³/mol. The minimum absolute atomic E-state index is 0.292. The van der Waals surface area contributed by atoms with Gasteiger partial charge in [-0.1, -0.05) is 6.92 Å². The summed E-state index contributed by atoms with van der Waals surface area (Å²) in [6, 6.07) is 0. The molecule has 0 saturated carbocycles. The average molecular weight is 208 g/mol. The molecule has 15 heavy (non-hydrogen) atoms. The highest BCUT2D eigenvalue weighted by Gasteiger charge is 2.25. The first-order chi connectivity index (χ1) is 7.16. The van der Waals surface area contributed by atoms with Crippen LogP contribution in [0.15, 0.2) is 12.4 Å². The van der Waals surface area contributed by atoms with Crippen LogP contribution in [0.1, 0.15) is 13.3 Å². The number of nitrogens with two attached hydrogens (primary N) is 1. The van der Waals surface area contributed by atoms with E-state index in [-0.39, 0.29) is 6.10 Å². The minimum Gasteiger partial charge on any atom is -0.396 e. The summed E-state index contributed by atoms with van der Waals surface area (Å²) >= 11 is 0. The van der Waals surface area contributed by atoms with Gasteiger partial charge in [0.05, 0.1) is 24.2 Å². The van der Waals surface area contributed by atoms with Gasteiger partial charge >= 0.3 is 0 Å². The van der Waals surface area contributed by atoms with Crippen molar-refractivity contribution in [1.82, 2.24) is 9.97 Å². The summed E-state index contributed by atoms with van der Waals surface area (Å²) in [5.74, 6) is 1.00. The molecule has 1 aliphatic heterocycles. The van der Waals surface area contributed by atoms with Gasteiger partial charge in [0.25, 0.3) is 0 Å². The molecule has 0 radical (unpaired) electrons. The van der Waals surface area contributed by atoms with Gasteiger partial charge in [0.2, 0.25) is 5.95 Å². The lowest BCUT2D eigenvalue weighted by Crippen LogP contribution is -2.43. The van der Waals surface area contributed by atoms with Gasteiger partial charge in [-0.15, -0.1) is 0 Å². The van der Waals surface area contributed by atoms with Gasteiger partial charge in [0, 0.05) is 13.1 Å². The van der Waals surface area contributed by atoms with Gasteiger partial charge in [-0.25, -0.2) is 9.97 Å². The second-order valence-electron chi connectivity index (χ2n) is 4.10. The summed E-state index contributed by atoms with van der Waals surface area (Å²) in [7, 11) is 0. The molecule has 2 atom stereocenters. The van der Waals surface area contributed by atoms with Gasteiger partial charge in [-0.2, -0.15) is 0 Å². The van der Waals surface area contributed by atoms with Crippen molar-refractivity contribution in [2.45, 2.75) is 19.4 Å². The Kier molecular flexibility index (Phi) is 2.73. The van der Waals surface area contributed by atoms with E-state index in [2.05, 4.69) is 16.9 Å². The first kappa shape index (κ1) is 10.2. The number of nitrogen functional groups attached to an aromatic ring is 1. The van der Waals surface area contributed by atoms with Gasteiger partial charge in [-0.05, 0) is 12.3 Å². The van der Waals surface area contributed by atoms with Crippen LogP contribution < -0.4 is 10.6 Å². The average Bonchev–Trinajstić information content (AvgIpc) is 2.23. The standard InChI is InChI=1S/C10H16N4O/c1-7-2-3-14(6-9(7)15)10-12-4-8(11)5-13-10/h4-5,7,9,15H,2-3,6,11H2,1H3. The molecule has 0 aromatic carbocycles. The molecule has 1 aromatic rings. The van der Waals surface area contributed by atoms with Crippen LogP contribution in [0.4, 0.5) is 11.6 Å². The van der Waals surface area contributed by atoms with E-state index in [0.717, 1.165) is 13.0 Å². The Morgan fingerprint density at radius 3 is 2.73 bits per heavy atom. The summed E-state index contributed by atoms with van der Waals surface area (Å²) in [6.45, 7) is 3.55. The van der Waals surface area contributed by atoms with Crippen molar-refractivity contribution in [3.05, 3.63) is 12.4 Å². The van der Waals surface area contributed by atoms with E-state index < -0.39 is 0 Å². The van der Waals surface area contributed by atoms with Crippen LogP contribution in [-0.2, 0) is 0 Å². The number of nitrogens with zero attached hydrogens (tertiary/aromatic N) is 3. The topological polar surface area (TPSA) is 75.3 Å². The Labute approximate surface area is 88.9 Å². The maximum Gasteiger partial charge on any atom is 0.225 e. The summed E-state index contributed by atoms with van der Waals surface area (Å²) in [4.78, 5) is 10.3. The zero-order valence-corrected chi connectivity index (χ0v) is 8.80. The van der Waals surface area contributed by atoms with Crippen LogP contribution in [0.5, 0.6) is 0 Å². The molecular weight excluding hydrogens is 192 g/mol. The molecule has 5 heteroatoms. The highest BCUT2D eigenvalue weighted by Crippen LogP contribution is 2.20. The molecule has 1 aromatic heterocycles. The molecule has 0 spiro atoms. The van der Waals surface area contributed by atoms with E-state index in [0.29, 0.717) is 24.1 Å². The molecule has 82 valence electrons. The number of piperidine rings is 1. The number of hydrogen-bond donors (Lipinski definition) is 2. The zero-order chi connectivity index (χ0) is 10.8. The normalized spacial score (nSPS) is 26.7. The summed E-state index contributed by atoms with van der Waals surface area (Å²) in [5, 5.41) is 9.74. The van der Waals surface area contributed by atoms with Crippen molar-refractivity contribution in [3.8, 4) is 0 Å². The fourth-order valence-corrected chi connectivity index (χ4v) is 1.73. The van der Waals surface area contributed by atoms with E-state index in [1.165, 1.54) is 0 Å². The Morgan fingerprint density at radius 2 is 2.13 bits per heavy atom. The van der Waals surface area contributed by atoms with Gasteiger partial charge in [0.15, 0.2) is 0 Å². The smallest absolute Gasteiger partial charge is 0.225 e. The number of anilines is 2. The Bertz CT molecular complexity index is 327. The number of β-amino-alcohol motifs (C(OH)–C–C–N with tert-alkyl or cyclic N) is 1. The molecule has 0 bridgehead atoms. The molecule has 1 aliphatic rings. The van der Waals surface area contributed by atoms with Crippen LogP contribution >= 0.6 is 0 Å². The maximum absolute atomic E-state index is 9.74. The SMILES string of the molecule is CC1CCN(c2ncc(N)cn2)CC1O. The third-order valence-electron chi connectivity index (χ3n) is 2.86. The lowest BCUT2D eigenvalue weighted by Gasteiger charge is -2.34. The van der Waals surface area contributed by atoms with Crippen LogP contribution in [0, 0.1) is 5.92 Å². The second-order valence-corrected chi connectivity index (χ2v) is 4.10. The third-order valence-corrected chi connectivity index (χ3v) is 2.86. The quantitative estimate of drug-likeness (QED) is 0.692. The number of aromatic nitrogens is 2. The molecule has 1 saturated heterocycles. The highest BCUT2D eigenvalue weighted by atomic mass is 16.3. The van der Waals surface area contributed by atoms with E-state index in [9.17, 15) is 5.11 Å². The van der Waals surface area contributed by atoms with Gasteiger partial charge in [-0.3, -0.25) is 0 Å². The summed E-state index contributed by atoms with van der Waals surface area (Å²) in [6.07, 6.45) is 3.86. The van der Waals surface area contributed by atoms with E-state index >= 15 is 0 Å². The fraction of sp³-hybridized carbons (Fsp3) is 0.600. The Hall–Kier alpha value is -1.36. The Balaban J connectivity index is 2.08. The van der Waals surface area contributed by atoms with Crippen LogP contribution in [0.2, 0.25) is 0 Å². The van der Waals surface area contributed by atoms with Crippen molar-refractivity contribution in [2.75, 3.05) is 23.7 Å². The molecule has 5 nitrogen and oxygen atoms in total. The summed E-state index contributed by atoms with van der Waals surface area (Å²) < 4.78 is 0. The molecule has 2 unspecified atom stereocenters. The molecule has 1 fully saturated rings. The highest BCUT2D eigenvalue weighted by molar-refractivity contribution is 5.38. The largest absolute Gasteiger partial charge is 0.396 e. The molecule has 2 heterocycles. The van der Waals surface area contributed by atoms with E-state index in [1.54, 1.807) is 12.4 Å².